The highest BCUT2D eigenvalue weighted by Crippen LogP contribution is 2.23. The Kier molecular flexibility index (Phi) is 7.36. The zero-order chi connectivity index (χ0) is 20.8. The first kappa shape index (κ1) is 21.4. The van der Waals surface area contributed by atoms with Crippen LogP contribution in [0, 0.1) is 13.8 Å². The van der Waals surface area contributed by atoms with Crippen molar-refractivity contribution in [2.75, 3.05) is 77.4 Å². The fourth-order valence-corrected chi connectivity index (χ4v) is 4.18. The van der Waals surface area contributed by atoms with E-state index in [0.29, 0.717) is 0 Å². The lowest BCUT2D eigenvalue weighted by Crippen LogP contribution is -2.54. The third-order valence-electron chi connectivity index (χ3n) is 6.24. The highest BCUT2D eigenvalue weighted by atomic mass is 16.2. The molecule has 0 spiro atoms. The molecule has 3 rings (SSSR count). The summed E-state index contributed by atoms with van der Waals surface area (Å²) in [6.45, 7) is 15.5. The number of carbonyl (C=O) groups is 1. The molecule has 7 nitrogen and oxygen atoms in total. The van der Waals surface area contributed by atoms with Crippen molar-refractivity contribution in [2.24, 2.45) is 4.99 Å². The summed E-state index contributed by atoms with van der Waals surface area (Å²) in [5.74, 6) is 1.18. The van der Waals surface area contributed by atoms with E-state index in [1.807, 2.05) is 11.9 Å². The van der Waals surface area contributed by atoms with Gasteiger partial charge in [-0.05, 0) is 31.0 Å². The number of nitrogens with zero attached hydrogens (tertiary/aromatic N) is 5. The van der Waals surface area contributed by atoms with Crippen LogP contribution < -0.4 is 10.2 Å². The van der Waals surface area contributed by atoms with Gasteiger partial charge in [0.2, 0.25) is 5.91 Å². The molecule has 0 aromatic heterocycles. The van der Waals surface area contributed by atoms with Crippen molar-refractivity contribution in [2.45, 2.75) is 20.8 Å². The zero-order valence-electron chi connectivity index (χ0n) is 18.4. The first-order valence-corrected chi connectivity index (χ1v) is 10.7. The number of benzene rings is 1. The number of guanidine groups is 1. The molecular formula is C22H36N6O. The lowest BCUT2D eigenvalue weighted by Gasteiger charge is -2.39. The summed E-state index contributed by atoms with van der Waals surface area (Å²) in [6.07, 6.45) is 0. The van der Waals surface area contributed by atoms with Gasteiger partial charge in [0.1, 0.15) is 0 Å². The molecule has 0 atom stereocenters. The first-order chi connectivity index (χ1) is 14.0. The molecule has 0 radical (unpaired) electrons. The Morgan fingerprint density at radius 1 is 1.00 bits per heavy atom. The molecule has 1 aromatic rings. The van der Waals surface area contributed by atoms with Crippen LogP contribution in [0.5, 0.6) is 0 Å². The van der Waals surface area contributed by atoms with Crippen LogP contribution in [0.2, 0.25) is 0 Å². The summed E-state index contributed by atoms with van der Waals surface area (Å²) >= 11 is 0. The van der Waals surface area contributed by atoms with Crippen LogP contribution in [0.4, 0.5) is 5.69 Å². The number of rotatable bonds is 4. The van der Waals surface area contributed by atoms with Crippen LogP contribution in [0.25, 0.3) is 0 Å². The molecule has 29 heavy (non-hydrogen) atoms. The van der Waals surface area contributed by atoms with Crippen LogP contribution in [0.1, 0.15) is 18.1 Å². The second-order valence-electron chi connectivity index (χ2n) is 8.01. The van der Waals surface area contributed by atoms with E-state index in [2.05, 4.69) is 57.1 Å². The van der Waals surface area contributed by atoms with Gasteiger partial charge in [0.25, 0.3) is 0 Å². The van der Waals surface area contributed by atoms with E-state index in [4.69, 9.17) is 0 Å². The van der Waals surface area contributed by atoms with E-state index in [1.54, 1.807) is 6.92 Å². The Hall–Kier alpha value is -2.28. The molecule has 2 fully saturated rings. The topological polar surface area (TPSA) is 54.4 Å². The maximum Gasteiger partial charge on any atom is 0.219 e. The smallest absolute Gasteiger partial charge is 0.219 e. The highest BCUT2D eigenvalue weighted by Gasteiger charge is 2.22. The predicted molar refractivity (Wildman–Crippen MR) is 120 cm³/mol. The second-order valence-corrected chi connectivity index (χ2v) is 8.01. The lowest BCUT2D eigenvalue weighted by molar-refractivity contribution is -0.130. The Bertz CT molecular complexity index is 718. The molecule has 1 aromatic carbocycles. The van der Waals surface area contributed by atoms with E-state index in [1.165, 1.54) is 16.8 Å². The molecule has 2 aliphatic heterocycles. The minimum Gasteiger partial charge on any atom is -0.368 e. The maximum atomic E-state index is 11.4. The largest absolute Gasteiger partial charge is 0.368 e. The second kappa shape index (κ2) is 9.96. The SMILES string of the molecule is CN=C(NCCN1CCN(C(C)=O)CC1)N1CCN(c2cccc(C)c2C)CC1. The number of carbonyl (C=O) groups excluding carboxylic acids is 1. The molecule has 2 aliphatic rings. The molecule has 2 heterocycles. The van der Waals surface area contributed by atoms with Crippen LogP contribution in [-0.4, -0.2) is 99.1 Å². The fraction of sp³-hybridized carbons (Fsp3) is 0.636. The van der Waals surface area contributed by atoms with Crippen molar-refractivity contribution in [3.05, 3.63) is 29.3 Å². The van der Waals surface area contributed by atoms with Gasteiger partial charge < -0.3 is 20.0 Å². The van der Waals surface area contributed by atoms with E-state index < -0.39 is 0 Å². The number of piperazine rings is 2. The van der Waals surface area contributed by atoms with Gasteiger partial charge in [0.05, 0.1) is 0 Å². The van der Waals surface area contributed by atoms with E-state index in [9.17, 15) is 4.79 Å². The molecule has 2 saturated heterocycles. The van der Waals surface area contributed by atoms with E-state index >= 15 is 0 Å². The van der Waals surface area contributed by atoms with Crippen LogP contribution in [0.15, 0.2) is 23.2 Å². The summed E-state index contributed by atoms with van der Waals surface area (Å²) in [4.78, 5) is 25.1. The highest BCUT2D eigenvalue weighted by molar-refractivity contribution is 5.80. The molecule has 0 aliphatic carbocycles. The number of amides is 1. The van der Waals surface area contributed by atoms with Gasteiger partial charge in [-0.1, -0.05) is 12.1 Å². The van der Waals surface area contributed by atoms with Gasteiger partial charge in [0.15, 0.2) is 5.96 Å². The van der Waals surface area contributed by atoms with Crippen molar-refractivity contribution < 1.29 is 4.79 Å². The number of anilines is 1. The van der Waals surface area contributed by atoms with Gasteiger partial charge in [-0.25, -0.2) is 0 Å². The molecule has 0 unspecified atom stereocenters. The average molecular weight is 401 g/mol. The van der Waals surface area contributed by atoms with Gasteiger partial charge in [-0.15, -0.1) is 0 Å². The minimum absolute atomic E-state index is 0.183. The molecule has 0 saturated carbocycles. The summed E-state index contributed by atoms with van der Waals surface area (Å²) in [5, 5.41) is 3.53. The lowest BCUT2D eigenvalue weighted by atomic mass is 10.1. The third-order valence-corrected chi connectivity index (χ3v) is 6.24. The van der Waals surface area contributed by atoms with Crippen LogP contribution in [-0.2, 0) is 4.79 Å². The Morgan fingerprint density at radius 3 is 2.28 bits per heavy atom. The molecule has 1 amide bonds. The van der Waals surface area contributed by atoms with Crippen LogP contribution >= 0.6 is 0 Å². The van der Waals surface area contributed by atoms with Crippen molar-refractivity contribution in [3.8, 4) is 0 Å². The monoisotopic (exact) mass is 400 g/mol. The normalized spacial score (nSPS) is 18.9. The van der Waals surface area contributed by atoms with Crippen molar-refractivity contribution in [1.82, 2.24) is 20.0 Å². The molecule has 160 valence electrons. The number of hydrogen-bond donors (Lipinski definition) is 1. The number of nitrogens with one attached hydrogen (secondary N) is 1. The van der Waals surface area contributed by atoms with Gasteiger partial charge >= 0.3 is 0 Å². The summed E-state index contributed by atoms with van der Waals surface area (Å²) in [6, 6.07) is 6.57. The summed E-state index contributed by atoms with van der Waals surface area (Å²) < 4.78 is 0. The van der Waals surface area contributed by atoms with E-state index in [-0.39, 0.29) is 5.91 Å². The maximum absolute atomic E-state index is 11.4. The standard InChI is InChI=1S/C22H36N6O/c1-18-6-5-7-21(19(18)2)27-14-16-28(17-15-27)22(23-4)24-8-9-25-10-12-26(13-11-25)20(3)29/h5-7H,8-17H2,1-4H3,(H,23,24). The number of aryl methyl sites for hydroxylation is 1. The minimum atomic E-state index is 0.183. The predicted octanol–water partition coefficient (Wildman–Crippen LogP) is 1.16. The van der Waals surface area contributed by atoms with Gasteiger partial charge in [0, 0.05) is 85.1 Å². The van der Waals surface area contributed by atoms with Gasteiger partial charge in [-0.2, -0.15) is 0 Å². The van der Waals surface area contributed by atoms with Crippen molar-refractivity contribution in [1.29, 1.82) is 0 Å². The summed E-state index contributed by atoms with van der Waals surface area (Å²) in [7, 11) is 1.87. The van der Waals surface area contributed by atoms with Crippen molar-refractivity contribution in [3.63, 3.8) is 0 Å². The van der Waals surface area contributed by atoms with E-state index in [0.717, 1.165) is 71.4 Å². The Labute approximate surface area is 175 Å². The fourth-order valence-electron chi connectivity index (χ4n) is 4.18. The molecule has 0 bridgehead atoms. The van der Waals surface area contributed by atoms with Gasteiger partial charge in [-0.3, -0.25) is 14.7 Å². The Morgan fingerprint density at radius 2 is 1.66 bits per heavy atom. The van der Waals surface area contributed by atoms with Crippen LogP contribution in [0.3, 0.4) is 0 Å². The first-order valence-electron chi connectivity index (χ1n) is 10.7. The summed E-state index contributed by atoms with van der Waals surface area (Å²) in [5.41, 5.74) is 4.09. The Balaban J connectivity index is 1.43. The molecule has 7 heteroatoms. The molecular weight excluding hydrogens is 364 g/mol. The number of hydrogen-bond acceptors (Lipinski definition) is 4. The number of aliphatic imine (C=N–C) groups is 1. The quantitative estimate of drug-likeness (QED) is 0.607. The van der Waals surface area contributed by atoms with Crippen molar-refractivity contribution >= 4 is 17.6 Å². The zero-order valence-corrected chi connectivity index (χ0v) is 18.4. The molecule has 1 N–H and O–H groups in total. The third kappa shape index (κ3) is 5.41. The average Bonchev–Trinajstić information content (AvgIpc) is 2.74.